The molecule has 0 fully saturated rings. The Balaban J connectivity index is 2.30. The molecule has 1 amide bonds. The zero-order chi connectivity index (χ0) is 23.4. The molecule has 0 aliphatic carbocycles. The molecule has 0 atom stereocenters. The number of hydrogen-bond donors (Lipinski definition) is 0. The Labute approximate surface area is 186 Å². The van der Waals surface area contributed by atoms with Gasteiger partial charge in [-0.25, -0.2) is 0 Å². The Morgan fingerprint density at radius 2 is 1.69 bits per heavy atom. The van der Waals surface area contributed by atoms with Crippen LogP contribution in [-0.4, -0.2) is 43.8 Å². The summed E-state index contributed by atoms with van der Waals surface area (Å²) in [5, 5.41) is 11.6. The van der Waals surface area contributed by atoms with E-state index in [0.717, 1.165) is 17.4 Å². The molecule has 11 heteroatoms. The quantitative estimate of drug-likeness (QED) is 0.304. The molecule has 0 saturated carbocycles. The van der Waals surface area contributed by atoms with Gasteiger partial charge in [-0.3, -0.25) is 14.9 Å². The fourth-order valence-corrected chi connectivity index (χ4v) is 4.25. The van der Waals surface area contributed by atoms with Crippen molar-refractivity contribution in [2.45, 2.75) is 6.54 Å². The van der Waals surface area contributed by atoms with Crippen molar-refractivity contribution >= 4 is 33.1 Å². The number of benzene rings is 2. The van der Waals surface area contributed by atoms with E-state index in [-0.39, 0.29) is 28.4 Å². The number of nitro benzene ring substituents is 1. The van der Waals surface area contributed by atoms with Crippen molar-refractivity contribution in [3.8, 4) is 35.3 Å². The van der Waals surface area contributed by atoms with Gasteiger partial charge in [0.2, 0.25) is 0 Å². The minimum atomic E-state index is -0.840. The summed E-state index contributed by atoms with van der Waals surface area (Å²) in [6.45, 7) is 0.0870. The number of rotatable bonds is 7. The van der Waals surface area contributed by atoms with Crippen molar-refractivity contribution in [1.82, 2.24) is 4.57 Å². The smallest absolute Gasteiger partial charge is 0.286 e. The number of methoxy groups -OCH3 is 4. The SMILES string of the molecule is C#CCn1c(=NC(=O)c2cc(OC)c(OC)cc2[N+](=O)[O-])sc2c(OC)ccc(OC)c21. The van der Waals surface area contributed by atoms with Crippen molar-refractivity contribution in [1.29, 1.82) is 0 Å². The minimum absolute atomic E-state index is 0.0870. The van der Waals surface area contributed by atoms with Crippen LogP contribution in [0, 0.1) is 22.5 Å². The summed E-state index contributed by atoms with van der Waals surface area (Å²) in [5.41, 5.74) is -0.115. The molecule has 0 bridgehead atoms. The Hall–Kier alpha value is -4.04. The first-order valence-corrected chi connectivity index (χ1v) is 9.89. The van der Waals surface area contributed by atoms with Gasteiger partial charge in [-0.15, -0.1) is 6.42 Å². The lowest BCUT2D eigenvalue weighted by Crippen LogP contribution is -2.17. The number of aromatic nitrogens is 1. The van der Waals surface area contributed by atoms with E-state index in [9.17, 15) is 14.9 Å². The lowest BCUT2D eigenvalue weighted by molar-refractivity contribution is -0.385. The topological polar surface area (TPSA) is 114 Å². The van der Waals surface area contributed by atoms with Crippen LogP contribution < -0.4 is 23.7 Å². The maximum atomic E-state index is 13.1. The van der Waals surface area contributed by atoms with Gasteiger partial charge >= 0.3 is 0 Å². The molecular weight excluding hydrogens is 438 g/mol. The maximum Gasteiger partial charge on any atom is 0.286 e. The van der Waals surface area contributed by atoms with Crippen LogP contribution in [0.15, 0.2) is 29.3 Å². The van der Waals surface area contributed by atoms with Gasteiger partial charge in [-0.05, 0) is 12.1 Å². The van der Waals surface area contributed by atoms with Crippen LogP contribution in [-0.2, 0) is 6.54 Å². The van der Waals surface area contributed by atoms with Crippen molar-refractivity contribution < 1.29 is 28.7 Å². The number of carbonyl (C=O) groups excluding carboxylic acids is 1. The van der Waals surface area contributed by atoms with Crippen LogP contribution in [0.1, 0.15) is 10.4 Å². The predicted octanol–water partition coefficient (Wildman–Crippen LogP) is 3.02. The summed E-state index contributed by atoms with van der Waals surface area (Å²) >= 11 is 1.15. The Kier molecular flexibility index (Phi) is 6.65. The van der Waals surface area contributed by atoms with Crippen LogP contribution in [0.25, 0.3) is 10.2 Å². The third kappa shape index (κ3) is 3.95. The molecule has 0 unspecified atom stereocenters. The molecule has 0 radical (unpaired) electrons. The fourth-order valence-electron chi connectivity index (χ4n) is 3.12. The molecular formula is C21H19N3O7S. The summed E-state index contributed by atoms with van der Waals surface area (Å²) in [7, 11) is 5.73. The Bertz CT molecular complexity index is 1320. The summed E-state index contributed by atoms with van der Waals surface area (Å²) < 4.78 is 23.4. The van der Waals surface area contributed by atoms with Crippen LogP contribution >= 0.6 is 11.3 Å². The Morgan fingerprint density at radius 1 is 1.09 bits per heavy atom. The number of terminal acetylenes is 1. The van der Waals surface area contributed by atoms with Gasteiger partial charge in [0.05, 0.1) is 46.0 Å². The monoisotopic (exact) mass is 457 g/mol. The summed E-state index contributed by atoms with van der Waals surface area (Å²) in [5.74, 6) is 3.02. The number of hydrogen-bond acceptors (Lipinski definition) is 8. The van der Waals surface area contributed by atoms with E-state index in [1.54, 1.807) is 16.7 Å². The highest BCUT2D eigenvalue weighted by Crippen LogP contribution is 2.36. The van der Waals surface area contributed by atoms with Gasteiger partial charge in [0.1, 0.15) is 27.3 Å². The zero-order valence-electron chi connectivity index (χ0n) is 17.7. The fraction of sp³-hybridized carbons (Fsp3) is 0.238. The number of amides is 1. The lowest BCUT2D eigenvalue weighted by Gasteiger charge is -2.09. The zero-order valence-corrected chi connectivity index (χ0v) is 18.5. The molecule has 3 rings (SSSR count). The van der Waals surface area contributed by atoms with E-state index in [0.29, 0.717) is 21.7 Å². The molecule has 0 aliphatic rings. The van der Waals surface area contributed by atoms with Crippen LogP contribution in [0.2, 0.25) is 0 Å². The highest BCUT2D eigenvalue weighted by Gasteiger charge is 2.25. The highest BCUT2D eigenvalue weighted by molar-refractivity contribution is 7.16. The van der Waals surface area contributed by atoms with Gasteiger partial charge in [-0.1, -0.05) is 17.3 Å². The average Bonchev–Trinajstić information content (AvgIpc) is 3.15. The third-order valence-electron chi connectivity index (χ3n) is 4.57. The van der Waals surface area contributed by atoms with Crippen molar-refractivity contribution in [2.75, 3.05) is 28.4 Å². The van der Waals surface area contributed by atoms with Gasteiger partial charge < -0.3 is 23.5 Å². The number of carbonyl (C=O) groups is 1. The Morgan fingerprint density at radius 3 is 2.25 bits per heavy atom. The van der Waals surface area contributed by atoms with Crippen LogP contribution in [0.5, 0.6) is 23.0 Å². The molecule has 0 saturated heterocycles. The highest BCUT2D eigenvalue weighted by atomic mass is 32.1. The number of nitrogens with zero attached hydrogens (tertiary/aromatic N) is 3. The summed E-state index contributed by atoms with van der Waals surface area (Å²) in [6.07, 6.45) is 5.53. The van der Waals surface area contributed by atoms with E-state index >= 15 is 0 Å². The molecule has 3 aromatic rings. The van der Waals surface area contributed by atoms with Gasteiger partial charge in [0.25, 0.3) is 11.6 Å². The number of ether oxygens (including phenoxy) is 4. The minimum Gasteiger partial charge on any atom is -0.495 e. The second-order valence-electron chi connectivity index (χ2n) is 6.22. The third-order valence-corrected chi connectivity index (χ3v) is 5.66. The van der Waals surface area contributed by atoms with Crippen molar-refractivity contribution in [3.05, 3.63) is 44.7 Å². The molecule has 1 heterocycles. The van der Waals surface area contributed by atoms with E-state index in [4.69, 9.17) is 25.4 Å². The van der Waals surface area contributed by atoms with E-state index in [1.807, 2.05) is 0 Å². The van der Waals surface area contributed by atoms with E-state index < -0.39 is 16.5 Å². The maximum absolute atomic E-state index is 13.1. The molecule has 0 N–H and O–H groups in total. The van der Waals surface area contributed by atoms with E-state index in [1.165, 1.54) is 34.5 Å². The summed E-state index contributed by atoms with van der Waals surface area (Å²) in [6, 6.07) is 5.78. The molecule has 166 valence electrons. The number of thiazole rings is 1. The summed E-state index contributed by atoms with van der Waals surface area (Å²) in [4.78, 5) is 28.3. The van der Waals surface area contributed by atoms with Crippen molar-refractivity contribution in [2.24, 2.45) is 4.99 Å². The lowest BCUT2D eigenvalue weighted by atomic mass is 10.1. The second kappa shape index (κ2) is 9.40. The van der Waals surface area contributed by atoms with Crippen LogP contribution in [0.3, 0.4) is 0 Å². The van der Waals surface area contributed by atoms with Crippen LogP contribution in [0.4, 0.5) is 5.69 Å². The molecule has 0 aliphatic heterocycles. The number of nitro groups is 1. The normalized spacial score (nSPS) is 11.2. The first-order valence-electron chi connectivity index (χ1n) is 9.07. The molecule has 1 aromatic heterocycles. The standard InChI is InChI=1S/C21H19N3O7S/c1-6-9-23-18-14(28-2)7-8-15(29-3)19(18)32-21(23)22-20(25)12-10-16(30-4)17(31-5)11-13(12)24(26)27/h1,7-8,10-11H,9H2,2-5H3. The first-order chi connectivity index (χ1) is 15.4. The predicted molar refractivity (Wildman–Crippen MR) is 118 cm³/mol. The molecule has 10 nitrogen and oxygen atoms in total. The van der Waals surface area contributed by atoms with E-state index in [2.05, 4.69) is 10.9 Å². The average molecular weight is 457 g/mol. The number of fused-ring (bicyclic) bond motifs is 1. The molecule has 2 aromatic carbocycles. The second-order valence-corrected chi connectivity index (χ2v) is 7.20. The molecule has 0 spiro atoms. The molecule has 32 heavy (non-hydrogen) atoms. The van der Waals surface area contributed by atoms with Crippen molar-refractivity contribution in [3.63, 3.8) is 0 Å². The van der Waals surface area contributed by atoms with Gasteiger partial charge in [0, 0.05) is 6.07 Å². The largest absolute Gasteiger partial charge is 0.495 e. The first kappa shape index (κ1) is 22.6. The van der Waals surface area contributed by atoms with Gasteiger partial charge in [-0.2, -0.15) is 4.99 Å². The van der Waals surface area contributed by atoms with Gasteiger partial charge in [0.15, 0.2) is 16.3 Å².